The summed E-state index contributed by atoms with van der Waals surface area (Å²) in [6.07, 6.45) is 29.9. The number of anilines is 1. The van der Waals surface area contributed by atoms with Crippen molar-refractivity contribution in [3.05, 3.63) is 48.3 Å². The van der Waals surface area contributed by atoms with Crippen LogP contribution in [0.1, 0.15) is 129 Å². The molecule has 0 atom stereocenters. The molecule has 0 amide bonds. The monoisotopic (exact) mass is 503 g/mol. The first-order valence-electron chi connectivity index (χ1n) is 15.6. The van der Waals surface area contributed by atoms with E-state index in [1.54, 1.807) is 0 Å². The summed E-state index contributed by atoms with van der Waals surface area (Å²) in [7, 11) is 0. The quantitative estimate of drug-likeness (QED) is 0.0934. The Kier molecular flexibility index (Phi) is 16.6. The van der Waals surface area contributed by atoms with Crippen molar-refractivity contribution >= 4 is 5.69 Å². The van der Waals surface area contributed by atoms with Gasteiger partial charge in [-0.05, 0) is 48.9 Å². The third-order valence-corrected chi connectivity index (χ3v) is 7.65. The number of nitrogens with zero attached hydrogens (tertiary/aromatic N) is 2. The molecule has 0 aliphatic rings. The van der Waals surface area contributed by atoms with E-state index in [0.717, 1.165) is 12.2 Å². The highest BCUT2D eigenvalue weighted by Gasteiger charge is 2.11. The summed E-state index contributed by atoms with van der Waals surface area (Å²) in [6.45, 7) is 9.96. The molecule has 0 unspecified atom stereocenters. The van der Waals surface area contributed by atoms with Crippen LogP contribution in [0.25, 0.3) is 11.1 Å². The SMILES string of the molecule is C#Cc1cc(-c2ccc(N(CCCCCCCCCC)CCCCCCCCCC)cc2)cc[n+]1CC. The Hall–Kier alpha value is -2.27. The lowest BCUT2D eigenvalue weighted by Crippen LogP contribution is -2.35. The molecular weight excluding hydrogens is 448 g/mol. The topological polar surface area (TPSA) is 7.12 Å². The van der Waals surface area contributed by atoms with E-state index in [0.29, 0.717) is 0 Å². The minimum Gasteiger partial charge on any atom is -0.372 e. The zero-order valence-electron chi connectivity index (χ0n) is 24.4. The standard InChI is InChI=1S/C35H55N2/c1-5-9-11-13-15-17-19-21-28-37(29-22-20-18-16-14-12-10-6-2)35-25-23-32(24-26-35)33-27-30-36(8-4)34(7-3)31-33/h3,23-27,30-31H,5-6,8-22,28-29H2,1-2,4H3/q+1. The van der Waals surface area contributed by atoms with Crippen LogP contribution in [-0.2, 0) is 6.54 Å². The van der Waals surface area contributed by atoms with Gasteiger partial charge in [-0.1, -0.05) is 116 Å². The molecule has 0 N–H and O–H groups in total. The smallest absolute Gasteiger partial charge is 0.257 e. The first-order valence-corrected chi connectivity index (χ1v) is 15.6. The molecule has 0 radical (unpaired) electrons. The fourth-order valence-corrected chi connectivity index (χ4v) is 5.22. The van der Waals surface area contributed by atoms with Crippen LogP contribution in [0, 0.1) is 12.3 Å². The van der Waals surface area contributed by atoms with E-state index in [-0.39, 0.29) is 0 Å². The Morgan fingerprint density at radius 1 is 0.622 bits per heavy atom. The summed E-state index contributed by atoms with van der Waals surface area (Å²) in [5, 5.41) is 0. The average Bonchev–Trinajstić information content (AvgIpc) is 2.94. The molecule has 0 aliphatic carbocycles. The lowest BCUT2D eigenvalue weighted by Gasteiger charge is -2.25. The van der Waals surface area contributed by atoms with E-state index in [1.807, 2.05) is 0 Å². The predicted octanol–water partition coefficient (Wildman–Crippen LogP) is 9.73. The second-order valence-corrected chi connectivity index (χ2v) is 10.7. The molecule has 0 saturated heterocycles. The minimum atomic E-state index is 0.894. The van der Waals surface area contributed by atoms with E-state index in [2.05, 4.69) is 78.8 Å². The molecule has 2 aromatic rings. The molecule has 2 heteroatoms. The Balaban J connectivity index is 1.92. The Morgan fingerprint density at radius 3 is 1.57 bits per heavy atom. The van der Waals surface area contributed by atoms with Crippen molar-refractivity contribution < 1.29 is 4.57 Å². The summed E-state index contributed by atoms with van der Waals surface area (Å²) in [5.74, 6) is 2.84. The minimum absolute atomic E-state index is 0.894. The second kappa shape index (κ2) is 19.8. The molecule has 204 valence electrons. The van der Waals surface area contributed by atoms with Crippen LogP contribution in [0.15, 0.2) is 42.6 Å². The number of aryl methyl sites for hydroxylation is 1. The van der Waals surface area contributed by atoms with Crippen molar-refractivity contribution in [2.24, 2.45) is 0 Å². The van der Waals surface area contributed by atoms with Gasteiger partial charge in [0.05, 0.1) is 0 Å². The van der Waals surface area contributed by atoms with Crippen molar-refractivity contribution in [3.63, 3.8) is 0 Å². The molecule has 0 aliphatic heterocycles. The summed E-state index contributed by atoms with van der Waals surface area (Å²) < 4.78 is 2.12. The highest BCUT2D eigenvalue weighted by molar-refractivity contribution is 5.66. The summed E-state index contributed by atoms with van der Waals surface area (Å²) in [5.41, 5.74) is 4.74. The molecule has 0 spiro atoms. The molecule has 37 heavy (non-hydrogen) atoms. The van der Waals surface area contributed by atoms with Crippen LogP contribution in [0.2, 0.25) is 0 Å². The maximum Gasteiger partial charge on any atom is 0.257 e. The number of benzene rings is 1. The number of unbranched alkanes of at least 4 members (excludes halogenated alkanes) is 14. The lowest BCUT2D eigenvalue weighted by molar-refractivity contribution is -0.695. The molecule has 1 aromatic heterocycles. The highest BCUT2D eigenvalue weighted by Crippen LogP contribution is 2.24. The number of rotatable bonds is 21. The van der Waals surface area contributed by atoms with Gasteiger partial charge in [-0.25, -0.2) is 0 Å². The van der Waals surface area contributed by atoms with Crippen LogP contribution in [0.3, 0.4) is 0 Å². The molecule has 2 nitrogen and oxygen atoms in total. The van der Waals surface area contributed by atoms with Crippen LogP contribution >= 0.6 is 0 Å². The van der Waals surface area contributed by atoms with Crippen LogP contribution < -0.4 is 9.47 Å². The largest absolute Gasteiger partial charge is 0.372 e. The Morgan fingerprint density at radius 2 is 1.11 bits per heavy atom. The van der Waals surface area contributed by atoms with Gasteiger partial charge in [0.2, 0.25) is 0 Å². The fraction of sp³-hybridized carbons (Fsp3) is 0.629. The lowest BCUT2D eigenvalue weighted by atomic mass is 10.0. The van der Waals surface area contributed by atoms with E-state index < -0.39 is 0 Å². The van der Waals surface area contributed by atoms with Gasteiger partial charge in [-0.15, -0.1) is 6.42 Å². The molecule has 0 saturated carbocycles. The average molecular weight is 504 g/mol. The maximum atomic E-state index is 5.76. The number of aromatic nitrogens is 1. The number of terminal acetylenes is 1. The molecular formula is C35H55N2+. The van der Waals surface area contributed by atoms with E-state index in [4.69, 9.17) is 6.42 Å². The van der Waals surface area contributed by atoms with Crippen LogP contribution in [0.4, 0.5) is 5.69 Å². The zero-order chi connectivity index (χ0) is 26.6. The molecule has 0 fully saturated rings. The van der Waals surface area contributed by atoms with Gasteiger partial charge < -0.3 is 4.90 Å². The van der Waals surface area contributed by atoms with Crippen molar-refractivity contribution in [2.45, 2.75) is 130 Å². The first-order chi connectivity index (χ1) is 18.2. The van der Waals surface area contributed by atoms with Gasteiger partial charge in [-0.2, -0.15) is 4.57 Å². The first kappa shape index (κ1) is 31.0. The van der Waals surface area contributed by atoms with Crippen molar-refractivity contribution in [3.8, 4) is 23.5 Å². The normalized spacial score (nSPS) is 11.0. The molecule has 0 bridgehead atoms. The molecule has 1 aromatic carbocycles. The Labute approximate surface area is 229 Å². The summed E-state index contributed by atoms with van der Waals surface area (Å²) in [4.78, 5) is 2.64. The molecule has 1 heterocycles. The second-order valence-electron chi connectivity index (χ2n) is 10.7. The number of hydrogen-bond acceptors (Lipinski definition) is 1. The van der Waals surface area contributed by atoms with Crippen LogP contribution in [-0.4, -0.2) is 13.1 Å². The molecule has 2 rings (SSSR count). The Bertz CT molecular complexity index is 857. The third-order valence-electron chi connectivity index (χ3n) is 7.65. The van der Waals surface area contributed by atoms with Crippen molar-refractivity contribution in [2.75, 3.05) is 18.0 Å². The zero-order valence-corrected chi connectivity index (χ0v) is 24.4. The highest BCUT2D eigenvalue weighted by atomic mass is 15.1. The van der Waals surface area contributed by atoms with Gasteiger partial charge in [0.25, 0.3) is 5.69 Å². The number of hydrogen-bond donors (Lipinski definition) is 0. The van der Waals surface area contributed by atoms with Crippen molar-refractivity contribution in [1.82, 2.24) is 0 Å². The van der Waals surface area contributed by atoms with Gasteiger partial charge >= 0.3 is 0 Å². The maximum absolute atomic E-state index is 5.76. The van der Waals surface area contributed by atoms with Gasteiger partial charge in [0.15, 0.2) is 6.20 Å². The summed E-state index contributed by atoms with van der Waals surface area (Å²) >= 11 is 0. The van der Waals surface area contributed by atoms with E-state index in [9.17, 15) is 0 Å². The summed E-state index contributed by atoms with van der Waals surface area (Å²) in [6, 6.07) is 13.5. The predicted molar refractivity (Wildman–Crippen MR) is 163 cm³/mol. The number of pyridine rings is 1. The van der Waals surface area contributed by atoms with Gasteiger partial charge in [0, 0.05) is 30.9 Å². The van der Waals surface area contributed by atoms with E-state index in [1.165, 1.54) is 133 Å². The third kappa shape index (κ3) is 12.2. The van der Waals surface area contributed by atoms with Gasteiger partial charge in [-0.3, -0.25) is 0 Å². The van der Waals surface area contributed by atoms with E-state index >= 15 is 0 Å². The van der Waals surface area contributed by atoms with Crippen molar-refractivity contribution in [1.29, 1.82) is 0 Å². The van der Waals surface area contributed by atoms with Gasteiger partial charge in [0.1, 0.15) is 6.54 Å². The fourth-order valence-electron chi connectivity index (χ4n) is 5.22. The van der Waals surface area contributed by atoms with Crippen LogP contribution in [0.5, 0.6) is 0 Å².